The Balaban J connectivity index is 2.56. The number of nitrogens with zero attached hydrogens (tertiary/aromatic N) is 1. The van der Waals surface area contributed by atoms with Crippen LogP contribution in [0.1, 0.15) is 4.88 Å². The molecular formula is C9H11N3OS2. The molecule has 0 saturated carbocycles. The first-order valence-corrected chi connectivity index (χ1v) is 6.41. The van der Waals surface area contributed by atoms with Crippen LogP contribution in [0.15, 0.2) is 6.20 Å². The average molecular weight is 241 g/mol. The van der Waals surface area contributed by atoms with Gasteiger partial charge in [-0.2, -0.15) is 11.8 Å². The Hall–Kier alpha value is -1.03. The van der Waals surface area contributed by atoms with Gasteiger partial charge < -0.3 is 11.1 Å². The van der Waals surface area contributed by atoms with Crippen LogP contribution in [-0.2, 0) is 4.79 Å². The van der Waals surface area contributed by atoms with Gasteiger partial charge in [-0.1, -0.05) is 23.2 Å². The van der Waals surface area contributed by atoms with Crippen LogP contribution >= 0.6 is 23.1 Å². The minimum atomic E-state index is -0.0461. The van der Waals surface area contributed by atoms with Crippen molar-refractivity contribution in [3.05, 3.63) is 11.1 Å². The first-order chi connectivity index (χ1) is 7.26. The van der Waals surface area contributed by atoms with Crippen molar-refractivity contribution in [1.29, 1.82) is 0 Å². The molecule has 0 unspecified atom stereocenters. The second-order valence-corrected chi connectivity index (χ2v) is 4.41. The molecule has 0 radical (unpaired) electrons. The van der Waals surface area contributed by atoms with Crippen molar-refractivity contribution < 1.29 is 4.79 Å². The summed E-state index contributed by atoms with van der Waals surface area (Å²) in [5, 5.41) is 3.27. The number of thioether (sulfide) groups is 1. The normalized spacial score (nSPS) is 9.20. The van der Waals surface area contributed by atoms with Crippen molar-refractivity contribution in [2.24, 2.45) is 5.73 Å². The lowest BCUT2D eigenvalue weighted by Gasteiger charge is -1.97. The third kappa shape index (κ3) is 4.34. The van der Waals surface area contributed by atoms with Gasteiger partial charge in [0.05, 0.1) is 23.4 Å². The standard InChI is InChI=1S/C9H11N3OS2/c1-14-6-8(13)12-9-11-5-7(15-9)3-2-4-10/h5H,4,6,10H2,1H3,(H,11,12,13). The van der Waals surface area contributed by atoms with E-state index in [9.17, 15) is 4.79 Å². The van der Waals surface area contributed by atoms with Gasteiger partial charge in [-0.05, 0) is 6.26 Å². The molecule has 3 N–H and O–H groups in total. The van der Waals surface area contributed by atoms with Crippen LogP contribution in [0, 0.1) is 11.8 Å². The molecular weight excluding hydrogens is 230 g/mol. The molecule has 1 rings (SSSR count). The van der Waals surface area contributed by atoms with E-state index in [0.717, 1.165) is 4.88 Å². The lowest BCUT2D eigenvalue weighted by Crippen LogP contribution is -2.13. The van der Waals surface area contributed by atoms with E-state index in [-0.39, 0.29) is 5.91 Å². The molecule has 0 bridgehead atoms. The van der Waals surface area contributed by atoms with Crippen LogP contribution in [-0.4, -0.2) is 29.4 Å². The van der Waals surface area contributed by atoms with Gasteiger partial charge in [0.25, 0.3) is 0 Å². The highest BCUT2D eigenvalue weighted by Gasteiger charge is 2.04. The lowest BCUT2D eigenvalue weighted by molar-refractivity contribution is -0.113. The van der Waals surface area contributed by atoms with Crippen LogP contribution in [0.3, 0.4) is 0 Å². The predicted octanol–water partition coefficient (Wildman–Crippen LogP) is 0.755. The maximum absolute atomic E-state index is 11.2. The summed E-state index contributed by atoms with van der Waals surface area (Å²) in [5.74, 6) is 5.97. The molecule has 1 aromatic rings. The van der Waals surface area contributed by atoms with Crippen molar-refractivity contribution in [1.82, 2.24) is 4.98 Å². The molecule has 0 saturated heterocycles. The molecule has 0 fully saturated rings. The maximum atomic E-state index is 11.2. The number of amides is 1. The Bertz CT molecular complexity index is 392. The zero-order valence-electron chi connectivity index (χ0n) is 8.24. The SMILES string of the molecule is CSCC(=O)Nc1ncc(C#CCN)s1. The summed E-state index contributed by atoms with van der Waals surface area (Å²) in [4.78, 5) is 16.0. The highest BCUT2D eigenvalue weighted by atomic mass is 32.2. The van der Waals surface area contributed by atoms with Gasteiger partial charge in [-0.3, -0.25) is 4.79 Å². The van der Waals surface area contributed by atoms with Crippen LogP contribution in [0.25, 0.3) is 0 Å². The van der Waals surface area contributed by atoms with E-state index >= 15 is 0 Å². The summed E-state index contributed by atoms with van der Waals surface area (Å²) < 4.78 is 0. The Morgan fingerprint density at radius 3 is 3.27 bits per heavy atom. The van der Waals surface area contributed by atoms with E-state index in [4.69, 9.17) is 5.73 Å². The van der Waals surface area contributed by atoms with E-state index in [2.05, 4.69) is 22.1 Å². The smallest absolute Gasteiger partial charge is 0.236 e. The Morgan fingerprint density at radius 1 is 1.80 bits per heavy atom. The summed E-state index contributed by atoms with van der Waals surface area (Å²) >= 11 is 2.82. The van der Waals surface area contributed by atoms with Gasteiger partial charge in [0, 0.05) is 0 Å². The average Bonchev–Trinajstić information content (AvgIpc) is 2.63. The Morgan fingerprint density at radius 2 is 2.60 bits per heavy atom. The van der Waals surface area contributed by atoms with Gasteiger partial charge >= 0.3 is 0 Å². The number of hydrogen-bond acceptors (Lipinski definition) is 5. The fourth-order valence-electron chi connectivity index (χ4n) is 0.814. The molecule has 1 amide bonds. The fraction of sp³-hybridized carbons (Fsp3) is 0.333. The van der Waals surface area contributed by atoms with Gasteiger partial charge in [0.2, 0.25) is 5.91 Å². The minimum absolute atomic E-state index is 0.0461. The number of thiazole rings is 1. The summed E-state index contributed by atoms with van der Waals surface area (Å²) in [6, 6.07) is 0. The third-order valence-corrected chi connectivity index (χ3v) is 2.72. The summed E-state index contributed by atoms with van der Waals surface area (Å²) in [7, 11) is 0. The van der Waals surface area contributed by atoms with Crippen LogP contribution in [0.2, 0.25) is 0 Å². The second-order valence-electron chi connectivity index (χ2n) is 2.52. The first-order valence-electron chi connectivity index (χ1n) is 4.20. The molecule has 1 aromatic heterocycles. The van der Waals surface area contributed by atoms with E-state index in [0.29, 0.717) is 17.4 Å². The summed E-state index contributed by atoms with van der Waals surface area (Å²) in [6.07, 6.45) is 3.50. The summed E-state index contributed by atoms with van der Waals surface area (Å²) in [6.45, 7) is 0.325. The predicted molar refractivity (Wildman–Crippen MR) is 65.1 cm³/mol. The van der Waals surface area contributed by atoms with Gasteiger partial charge in [0.1, 0.15) is 0 Å². The molecule has 0 atom stereocenters. The monoisotopic (exact) mass is 241 g/mol. The van der Waals surface area contributed by atoms with Gasteiger partial charge in [-0.15, -0.1) is 0 Å². The molecule has 0 aromatic carbocycles. The zero-order valence-corrected chi connectivity index (χ0v) is 9.87. The molecule has 0 aliphatic rings. The number of carbonyl (C=O) groups is 1. The minimum Gasteiger partial charge on any atom is -0.320 e. The summed E-state index contributed by atoms with van der Waals surface area (Å²) in [5.41, 5.74) is 5.24. The number of aromatic nitrogens is 1. The fourth-order valence-corrected chi connectivity index (χ4v) is 1.86. The molecule has 15 heavy (non-hydrogen) atoms. The van der Waals surface area contributed by atoms with Gasteiger partial charge in [-0.25, -0.2) is 4.98 Å². The van der Waals surface area contributed by atoms with Gasteiger partial charge in [0.15, 0.2) is 5.13 Å². The number of rotatable bonds is 3. The van der Waals surface area contributed by atoms with Crippen molar-refractivity contribution in [3.8, 4) is 11.8 Å². The highest BCUT2D eigenvalue weighted by Crippen LogP contribution is 2.16. The molecule has 80 valence electrons. The number of carbonyl (C=O) groups excluding carboxylic acids is 1. The second kappa shape index (κ2) is 6.45. The zero-order chi connectivity index (χ0) is 11.1. The largest absolute Gasteiger partial charge is 0.320 e. The Labute approximate surface area is 96.7 Å². The third-order valence-electron chi connectivity index (χ3n) is 1.34. The number of hydrogen-bond donors (Lipinski definition) is 2. The maximum Gasteiger partial charge on any atom is 0.236 e. The van der Waals surface area contributed by atoms with E-state index in [1.807, 2.05) is 6.26 Å². The number of nitrogens with two attached hydrogens (primary N) is 1. The van der Waals surface area contributed by atoms with E-state index in [1.54, 1.807) is 6.20 Å². The van der Waals surface area contributed by atoms with Crippen LogP contribution < -0.4 is 11.1 Å². The number of nitrogens with one attached hydrogen (secondary N) is 1. The number of anilines is 1. The van der Waals surface area contributed by atoms with Crippen molar-refractivity contribution in [3.63, 3.8) is 0 Å². The molecule has 6 heteroatoms. The van der Waals surface area contributed by atoms with Crippen LogP contribution in [0.4, 0.5) is 5.13 Å². The molecule has 4 nitrogen and oxygen atoms in total. The van der Waals surface area contributed by atoms with Crippen molar-refractivity contribution in [2.75, 3.05) is 23.9 Å². The van der Waals surface area contributed by atoms with E-state index in [1.165, 1.54) is 23.1 Å². The van der Waals surface area contributed by atoms with Crippen molar-refractivity contribution >= 4 is 34.1 Å². The lowest BCUT2D eigenvalue weighted by atomic mass is 10.5. The molecule has 0 spiro atoms. The topological polar surface area (TPSA) is 68.0 Å². The molecule has 1 heterocycles. The molecule has 0 aliphatic carbocycles. The first kappa shape index (κ1) is 12.0. The van der Waals surface area contributed by atoms with Crippen molar-refractivity contribution in [2.45, 2.75) is 0 Å². The Kier molecular flexibility index (Phi) is 5.18. The quantitative estimate of drug-likeness (QED) is 0.766. The molecule has 0 aliphatic heterocycles. The van der Waals surface area contributed by atoms with E-state index < -0.39 is 0 Å². The highest BCUT2D eigenvalue weighted by molar-refractivity contribution is 7.99. The van der Waals surface area contributed by atoms with Crippen LogP contribution in [0.5, 0.6) is 0 Å².